The van der Waals surface area contributed by atoms with Gasteiger partial charge in [0.2, 0.25) is 5.95 Å². The molecule has 1 aromatic rings. The first-order valence-electron chi connectivity index (χ1n) is 12.2. The monoisotopic (exact) mass is 560 g/mol. The Morgan fingerprint density at radius 3 is 2.41 bits per heavy atom. The van der Waals surface area contributed by atoms with Gasteiger partial charge in [0.25, 0.3) is 0 Å². The molecule has 1 atom stereocenters. The standard InChI is InChI=1S/C23H44N8.HI/c1-5-24-22(28-21(4)11-8-15-29(6-2)7-3)25-14-10-16-30-17-19-31(20-18-30)23-26-12-9-13-27-23;/h9,12-13,21H,5-8,10-11,14-20H2,1-4H3,(H2,24,25,28);1H. The molecule has 2 heterocycles. The highest BCUT2D eigenvalue weighted by atomic mass is 127. The molecule has 184 valence electrons. The van der Waals surface area contributed by atoms with Crippen molar-refractivity contribution in [3.05, 3.63) is 18.5 Å². The fourth-order valence-electron chi connectivity index (χ4n) is 3.90. The Hall–Kier alpha value is -1.20. The summed E-state index contributed by atoms with van der Waals surface area (Å²) in [6.45, 7) is 19.2. The van der Waals surface area contributed by atoms with Crippen molar-refractivity contribution in [3.8, 4) is 0 Å². The summed E-state index contributed by atoms with van der Waals surface area (Å²) in [7, 11) is 0. The number of rotatable bonds is 13. The Morgan fingerprint density at radius 2 is 1.78 bits per heavy atom. The van der Waals surface area contributed by atoms with Gasteiger partial charge >= 0.3 is 0 Å². The number of nitrogens with zero attached hydrogens (tertiary/aromatic N) is 6. The van der Waals surface area contributed by atoms with Crippen molar-refractivity contribution in [1.82, 2.24) is 30.4 Å². The predicted octanol–water partition coefficient (Wildman–Crippen LogP) is 2.67. The summed E-state index contributed by atoms with van der Waals surface area (Å²) >= 11 is 0. The number of nitrogens with one attached hydrogen (secondary N) is 2. The van der Waals surface area contributed by atoms with Gasteiger partial charge in [0.15, 0.2) is 5.96 Å². The number of piperazine rings is 1. The van der Waals surface area contributed by atoms with E-state index in [0.717, 1.165) is 83.7 Å². The van der Waals surface area contributed by atoms with Gasteiger partial charge in [0, 0.05) is 64.2 Å². The zero-order valence-corrected chi connectivity index (χ0v) is 22.9. The molecule has 32 heavy (non-hydrogen) atoms. The minimum atomic E-state index is 0. The van der Waals surface area contributed by atoms with Crippen LogP contribution in [0.4, 0.5) is 5.95 Å². The van der Waals surface area contributed by atoms with Gasteiger partial charge in [-0.05, 0) is 58.8 Å². The number of guanidine groups is 1. The first-order valence-corrected chi connectivity index (χ1v) is 12.2. The molecule has 8 nitrogen and oxygen atoms in total. The number of hydrogen-bond donors (Lipinski definition) is 2. The molecule has 2 N–H and O–H groups in total. The summed E-state index contributed by atoms with van der Waals surface area (Å²) in [4.78, 5) is 20.8. The second kappa shape index (κ2) is 17.3. The maximum atomic E-state index is 4.80. The van der Waals surface area contributed by atoms with E-state index in [0.29, 0.717) is 6.04 Å². The van der Waals surface area contributed by atoms with Gasteiger partial charge < -0.3 is 20.4 Å². The molecule has 2 rings (SSSR count). The average molecular weight is 561 g/mol. The van der Waals surface area contributed by atoms with Crippen LogP contribution in [-0.2, 0) is 0 Å². The second-order valence-electron chi connectivity index (χ2n) is 8.21. The fourth-order valence-corrected chi connectivity index (χ4v) is 3.90. The molecule has 0 amide bonds. The van der Waals surface area contributed by atoms with Crippen LogP contribution in [0.3, 0.4) is 0 Å². The van der Waals surface area contributed by atoms with Gasteiger partial charge in [-0.3, -0.25) is 9.89 Å². The third-order valence-corrected chi connectivity index (χ3v) is 5.84. The largest absolute Gasteiger partial charge is 0.357 e. The van der Waals surface area contributed by atoms with E-state index >= 15 is 0 Å². The average Bonchev–Trinajstić information content (AvgIpc) is 2.80. The topological polar surface area (TPSA) is 71.9 Å². The van der Waals surface area contributed by atoms with Crippen molar-refractivity contribution in [3.63, 3.8) is 0 Å². The van der Waals surface area contributed by atoms with Crippen LogP contribution < -0.4 is 15.5 Å². The minimum absolute atomic E-state index is 0. The highest BCUT2D eigenvalue weighted by Gasteiger charge is 2.18. The normalized spacial score (nSPS) is 16.0. The predicted molar refractivity (Wildman–Crippen MR) is 146 cm³/mol. The zero-order chi connectivity index (χ0) is 22.3. The molecular formula is C23H45IN8. The van der Waals surface area contributed by atoms with Gasteiger partial charge in [-0.2, -0.15) is 0 Å². The molecule has 9 heteroatoms. The third-order valence-electron chi connectivity index (χ3n) is 5.84. The Morgan fingerprint density at radius 1 is 1.09 bits per heavy atom. The van der Waals surface area contributed by atoms with Crippen molar-refractivity contribution < 1.29 is 0 Å². The Labute approximate surface area is 212 Å². The van der Waals surface area contributed by atoms with Crippen LogP contribution in [0.1, 0.15) is 47.0 Å². The maximum absolute atomic E-state index is 4.80. The molecule has 1 aromatic heterocycles. The van der Waals surface area contributed by atoms with E-state index in [2.05, 4.69) is 63.0 Å². The quantitative estimate of drug-likeness (QED) is 0.166. The molecule has 0 aliphatic carbocycles. The van der Waals surface area contributed by atoms with E-state index in [1.165, 1.54) is 13.0 Å². The van der Waals surface area contributed by atoms with Crippen LogP contribution in [0, 0.1) is 0 Å². The molecular weight excluding hydrogens is 515 g/mol. The van der Waals surface area contributed by atoms with Crippen LogP contribution in [0.5, 0.6) is 0 Å². The third kappa shape index (κ3) is 11.1. The lowest BCUT2D eigenvalue weighted by atomic mass is 10.2. The summed E-state index contributed by atoms with van der Waals surface area (Å²) in [6.07, 6.45) is 7.09. The van der Waals surface area contributed by atoms with Crippen molar-refractivity contribution in [2.75, 3.05) is 70.3 Å². The van der Waals surface area contributed by atoms with Crippen molar-refractivity contribution in [2.24, 2.45) is 4.99 Å². The van der Waals surface area contributed by atoms with Crippen LogP contribution in [0.15, 0.2) is 23.5 Å². The van der Waals surface area contributed by atoms with Crippen LogP contribution in [0.25, 0.3) is 0 Å². The molecule has 1 aliphatic rings. The molecule has 1 fully saturated rings. The number of anilines is 1. The summed E-state index contributed by atoms with van der Waals surface area (Å²) in [6, 6.07) is 2.30. The Balaban J connectivity index is 0.00000512. The van der Waals surface area contributed by atoms with Gasteiger partial charge in [-0.25, -0.2) is 9.97 Å². The zero-order valence-electron chi connectivity index (χ0n) is 20.6. The molecule has 0 saturated carbocycles. The van der Waals surface area contributed by atoms with Gasteiger partial charge in [-0.15, -0.1) is 24.0 Å². The number of aromatic nitrogens is 2. The Bertz CT molecular complexity index is 603. The van der Waals surface area contributed by atoms with E-state index in [1.54, 1.807) is 0 Å². The van der Waals surface area contributed by atoms with E-state index in [9.17, 15) is 0 Å². The lowest BCUT2D eigenvalue weighted by Gasteiger charge is -2.34. The summed E-state index contributed by atoms with van der Waals surface area (Å²) in [5.41, 5.74) is 0. The molecule has 0 spiro atoms. The smallest absolute Gasteiger partial charge is 0.225 e. The summed E-state index contributed by atoms with van der Waals surface area (Å²) in [5.74, 6) is 1.79. The molecule has 1 saturated heterocycles. The van der Waals surface area contributed by atoms with E-state index in [-0.39, 0.29) is 24.0 Å². The van der Waals surface area contributed by atoms with Crippen LogP contribution >= 0.6 is 24.0 Å². The summed E-state index contributed by atoms with van der Waals surface area (Å²) < 4.78 is 0. The lowest BCUT2D eigenvalue weighted by molar-refractivity contribution is 0.255. The molecule has 0 radical (unpaired) electrons. The number of halogens is 1. The lowest BCUT2D eigenvalue weighted by Crippen LogP contribution is -2.47. The van der Waals surface area contributed by atoms with E-state index < -0.39 is 0 Å². The number of hydrogen-bond acceptors (Lipinski definition) is 6. The molecule has 0 aromatic carbocycles. The summed E-state index contributed by atoms with van der Waals surface area (Å²) in [5, 5.41) is 6.97. The SMILES string of the molecule is CCNC(=NCCCN1CCN(c2ncccn2)CC1)NC(C)CCCN(CC)CC.I. The maximum Gasteiger partial charge on any atom is 0.225 e. The van der Waals surface area contributed by atoms with Gasteiger partial charge in [0.05, 0.1) is 0 Å². The Kier molecular flexibility index (Phi) is 15.6. The first-order chi connectivity index (χ1) is 15.2. The highest BCUT2D eigenvalue weighted by molar-refractivity contribution is 14.0. The fraction of sp³-hybridized carbons (Fsp3) is 0.783. The van der Waals surface area contributed by atoms with E-state index in [1.807, 2.05) is 18.5 Å². The van der Waals surface area contributed by atoms with Gasteiger partial charge in [-0.1, -0.05) is 13.8 Å². The van der Waals surface area contributed by atoms with Crippen molar-refractivity contribution >= 4 is 35.9 Å². The number of aliphatic imine (C=N–C) groups is 1. The molecule has 0 bridgehead atoms. The minimum Gasteiger partial charge on any atom is -0.357 e. The van der Waals surface area contributed by atoms with E-state index in [4.69, 9.17) is 4.99 Å². The molecule has 1 unspecified atom stereocenters. The van der Waals surface area contributed by atoms with Crippen LogP contribution in [-0.4, -0.2) is 97.2 Å². The van der Waals surface area contributed by atoms with Gasteiger partial charge in [0.1, 0.15) is 0 Å². The van der Waals surface area contributed by atoms with Crippen molar-refractivity contribution in [2.45, 2.75) is 53.0 Å². The van der Waals surface area contributed by atoms with Crippen molar-refractivity contribution in [1.29, 1.82) is 0 Å². The first kappa shape index (κ1) is 28.8. The highest BCUT2D eigenvalue weighted by Crippen LogP contribution is 2.09. The molecule has 1 aliphatic heterocycles. The van der Waals surface area contributed by atoms with Crippen LogP contribution in [0.2, 0.25) is 0 Å². The second-order valence-corrected chi connectivity index (χ2v) is 8.21.